The molecule has 0 aromatic heterocycles. The predicted octanol–water partition coefficient (Wildman–Crippen LogP) is 3.19. The number of hydrogen-bond donors (Lipinski definition) is 3. The minimum atomic E-state index is -2.26. The van der Waals surface area contributed by atoms with Crippen molar-refractivity contribution in [2.45, 2.75) is 5.25 Å². The van der Waals surface area contributed by atoms with Crippen LogP contribution in [0, 0.1) is 0 Å². The normalized spacial score (nSPS) is 12.8. The van der Waals surface area contributed by atoms with Gasteiger partial charge in [0, 0.05) is 12.1 Å². The molecule has 2 aromatic carbocycles. The van der Waals surface area contributed by atoms with Gasteiger partial charge in [0.15, 0.2) is 11.1 Å². The lowest BCUT2D eigenvalue weighted by Crippen LogP contribution is -2.13. The first-order chi connectivity index (χ1) is 14.8. The first-order valence-corrected chi connectivity index (χ1v) is 10.2. The molecule has 3 N–H and O–H groups in total. The van der Waals surface area contributed by atoms with E-state index >= 15 is 0 Å². The summed E-state index contributed by atoms with van der Waals surface area (Å²) in [6, 6.07) is 8.16. The van der Waals surface area contributed by atoms with Crippen LogP contribution in [0.5, 0.6) is 23.0 Å². The molecular weight excluding hydrogens is 426 g/mol. The van der Waals surface area contributed by atoms with Crippen LogP contribution in [0.25, 0.3) is 6.08 Å². The summed E-state index contributed by atoms with van der Waals surface area (Å²) in [5.74, 6) is 0.836. The second-order valence-corrected chi connectivity index (χ2v) is 7.27. The predicted molar refractivity (Wildman–Crippen MR) is 118 cm³/mol. The van der Waals surface area contributed by atoms with Gasteiger partial charge in [-0.3, -0.25) is 4.79 Å². The Morgan fingerprint density at radius 1 is 1.03 bits per heavy atom. The summed E-state index contributed by atoms with van der Waals surface area (Å²) in [4.78, 5) is 10.9. The zero-order valence-corrected chi connectivity index (χ0v) is 18.4. The van der Waals surface area contributed by atoms with Gasteiger partial charge in [-0.15, -0.1) is 0 Å². The van der Waals surface area contributed by atoms with Crippen molar-refractivity contribution in [1.29, 1.82) is 0 Å². The van der Waals surface area contributed by atoms with Crippen LogP contribution in [0.4, 0.5) is 5.69 Å². The molecular formula is C21H25NO8S. The highest BCUT2D eigenvalue weighted by Crippen LogP contribution is 2.37. The number of aliphatic carboxylic acids is 1. The fourth-order valence-corrected chi connectivity index (χ4v) is 3.48. The molecule has 0 radical (unpaired) electrons. The zero-order chi connectivity index (χ0) is 23.0. The van der Waals surface area contributed by atoms with Crippen molar-refractivity contribution in [3.05, 3.63) is 47.5 Å². The first-order valence-electron chi connectivity index (χ1n) is 9.06. The van der Waals surface area contributed by atoms with Crippen LogP contribution in [0.1, 0.15) is 16.4 Å². The Bertz CT molecular complexity index is 951. The van der Waals surface area contributed by atoms with E-state index in [0.717, 1.165) is 0 Å². The number of methoxy groups -OCH3 is 4. The summed E-state index contributed by atoms with van der Waals surface area (Å²) in [6.07, 6.45) is 3.18. The van der Waals surface area contributed by atoms with Gasteiger partial charge in [0.2, 0.25) is 0 Å². The maximum atomic E-state index is 12.1. The molecule has 0 amide bonds. The van der Waals surface area contributed by atoms with E-state index in [4.69, 9.17) is 24.1 Å². The summed E-state index contributed by atoms with van der Waals surface area (Å²) in [6.45, 7) is -0.331. The Balaban J connectivity index is 2.46. The van der Waals surface area contributed by atoms with E-state index in [2.05, 4.69) is 5.32 Å². The standard InChI is InChI=1S/C21H25NO8S/c1-27-14-10-18(29-3)15(19(11-14)30-4)6-8-20(31(25)26)13-5-7-17(28-2)16(9-13)22-12-21(23)24/h5-11,20,22H,12H2,1-4H3,(H,23,24)(H,25,26). The van der Waals surface area contributed by atoms with E-state index in [1.807, 2.05) is 0 Å². The fourth-order valence-electron chi connectivity index (χ4n) is 2.89. The zero-order valence-electron chi connectivity index (χ0n) is 17.6. The van der Waals surface area contributed by atoms with E-state index in [1.165, 1.54) is 28.4 Å². The highest BCUT2D eigenvalue weighted by atomic mass is 32.2. The highest BCUT2D eigenvalue weighted by molar-refractivity contribution is 7.79. The van der Waals surface area contributed by atoms with Gasteiger partial charge in [0.05, 0.1) is 39.7 Å². The van der Waals surface area contributed by atoms with Crippen LogP contribution in [-0.2, 0) is 15.9 Å². The van der Waals surface area contributed by atoms with Crippen LogP contribution in [0.3, 0.4) is 0 Å². The largest absolute Gasteiger partial charge is 0.496 e. The lowest BCUT2D eigenvalue weighted by molar-refractivity contribution is -0.134. The molecule has 0 fully saturated rings. The number of nitrogens with one attached hydrogen (secondary N) is 1. The molecule has 9 nitrogen and oxygen atoms in total. The van der Waals surface area contributed by atoms with Gasteiger partial charge < -0.3 is 33.9 Å². The van der Waals surface area contributed by atoms with E-state index < -0.39 is 22.3 Å². The van der Waals surface area contributed by atoms with Crippen LogP contribution in [0.2, 0.25) is 0 Å². The molecule has 2 unspecified atom stereocenters. The molecule has 0 heterocycles. The number of carboxylic acid groups (broad SMARTS) is 1. The van der Waals surface area contributed by atoms with Crippen molar-refractivity contribution in [2.24, 2.45) is 0 Å². The molecule has 0 bridgehead atoms. The molecule has 2 aromatic rings. The monoisotopic (exact) mass is 451 g/mol. The van der Waals surface area contributed by atoms with Crippen LogP contribution < -0.4 is 24.3 Å². The molecule has 2 rings (SSSR count). The van der Waals surface area contributed by atoms with E-state index in [9.17, 15) is 13.6 Å². The number of ether oxygens (including phenoxy) is 4. The summed E-state index contributed by atoms with van der Waals surface area (Å²) >= 11 is -2.26. The van der Waals surface area contributed by atoms with E-state index in [1.54, 1.807) is 42.5 Å². The van der Waals surface area contributed by atoms with E-state index in [0.29, 0.717) is 39.8 Å². The van der Waals surface area contributed by atoms with Gasteiger partial charge in [0.1, 0.15) is 34.8 Å². The third-order valence-electron chi connectivity index (χ3n) is 4.39. The summed E-state index contributed by atoms with van der Waals surface area (Å²) in [7, 11) is 5.97. The topological polar surface area (TPSA) is 124 Å². The SMILES string of the molecule is COc1cc(OC)c(C=CC(c2ccc(OC)c(NCC(=O)O)c2)S(=O)O)c(OC)c1. The lowest BCUT2D eigenvalue weighted by atomic mass is 10.1. The Morgan fingerprint density at radius 3 is 2.13 bits per heavy atom. The summed E-state index contributed by atoms with van der Waals surface area (Å²) < 4.78 is 43.3. The van der Waals surface area contributed by atoms with Gasteiger partial charge in [-0.2, -0.15) is 0 Å². The second-order valence-electron chi connectivity index (χ2n) is 6.21. The quantitative estimate of drug-likeness (QED) is 0.442. The molecule has 168 valence electrons. The third-order valence-corrected chi connectivity index (χ3v) is 5.25. The third kappa shape index (κ3) is 6.12. The van der Waals surface area contributed by atoms with Crippen molar-refractivity contribution in [3.8, 4) is 23.0 Å². The fraction of sp³-hybridized carbons (Fsp3) is 0.286. The van der Waals surface area contributed by atoms with Crippen molar-refractivity contribution in [3.63, 3.8) is 0 Å². The Morgan fingerprint density at radius 2 is 1.65 bits per heavy atom. The lowest BCUT2D eigenvalue weighted by Gasteiger charge is -2.16. The molecule has 2 atom stereocenters. The Hall–Kier alpha value is -3.24. The van der Waals surface area contributed by atoms with Gasteiger partial charge in [-0.1, -0.05) is 12.1 Å². The minimum absolute atomic E-state index is 0.331. The molecule has 0 aliphatic carbocycles. The highest BCUT2D eigenvalue weighted by Gasteiger charge is 2.18. The molecule has 0 aliphatic rings. The van der Waals surface area contributed by atoms with Crippen LogP contribution >= 0.6 is 0 Å². The van der Waals surface area contributed by atoms with E-state index in [-0.39, 0.29) is 6.54 Å². The first kappa shape index (κ1) is 24.0. The number of anilines is 1. The smallest absolute Gasteiger partial charge is 0.322 e. The van der Waals surface area contributed by atoms with Crippen LogP contribution in [-0.4, -0.2) is 54.8 Å². The van der Waals surface area contributed by atoms with Crippen molar-refractivity contribution >= 4 is 28.8 Å². The maximum Gasteiger partial charge on any atom is 0.322 e. The molecule has 0 saturated heterocycles. The summed E-state index contributed by atoms with van der Waals surface area (Å²) in [5.41, 5.74) is 1.45. The van der Waals surface area contributed by atoms with Gasteiger partial charge in [-0.25, -0.2) is 4.21 Å². The Labute approximate surface area is 182 Å². The number of benzene rings is 2. The van der Waals surface area contributed by atoms with Gasteiger partial charge in [0.25, 0.3) is 0 Å². The maximum absolute atomic E-state index is 12.1. The van der Waals surface area contributed by atoms with Crippen molar-refractivity contribution in [1.82, 2.24) is 0 Å². The number of carboxylic acids is 1. The Kier molecular flexibility index (Phi) is 8.71. The summed E-state index contributed by atoms with van der Waals surface area (Å²) in [5, 5.41) is 10.7. The molecule has 0 aliphatic heterocycles. The average molecular weight is 451 g/mol. The molecule has 31 heavy (non-hydrogen) atoms. The number of hydrogen-bond acceptors (Lipinski definition) is 7. The number of rotatable bonds is 11. The van der Waals surface area contributed by atoms with Crippen molar-refractivity contribution < 1.29 is 37.6 Å². The van der Waals surface area contributed by atoms with Gasteiger partial charge in [-0.05, 0) is 23.8 Å². The van der Waals surface area contributed by atoms with Gasteiger partial charge >= 0.3 is 5.97 Å². The minimum Gasteiger partial charge on any atom is -0.496 e. The number of carbonyl (C=O) groups is 1. The van der Waals surface area contributed by atoms with Crippen molar-refractivity contribution in [2.75, 3.05) is 40.3 Å². The molecule has 10 heteroatoms. The van der Waals surface area contributed by atoms with Crippen LogP contribution in [0.15, 0.2) is 36.4 Å². The molecule has 0 spiro atoms. The molecule has 0 saturated carbocycles. The average Bonchev–Trinajstić information content (AvgIpc) is 2.77. The second kappa shape index (κ2) is 11.2.